The van der Waals surface area contributed by atoms with Gasteiger partial charge in [0.25, 0.3) is 0 Å². The van der Waals surface area contributed by atoms with E-state index in [-0.39, 0.29) is 12.6 Å². The molecule has 0 aliphatic carbocycles. The molecule has 0 unspecified atom stereocenters. The highest BCUT2D eigenvalue weighted by Gasteiger charge is 2.42. The molecule has 0 aromatic carbocycles. The molecule has 0 saturated carbocycles. The first-order valence-electron chi connectivity index (χ1n) is 8.14. The minimum absolute atomic E-state index is 0.0151. The Morgan fingerprint density at radius 1 is 1.36 bits per heavy atom. The summed E-state index contributed by atoms with van der Waals surface area (Å²) in [5.74, 6) is 1.12. The van der Waals surface area contributed by atoms with Crippen LogP contribution < -0.4 is 10.6 Å². The lowest BCUT2D eigenvalue weighted by atomic mass is 9.74. The maximum absolute atomic E-state index is 10.4. The Labute approximate surface area is 132 Å². The Morgan fingerprint density at radius 3 is 2.68 bits per heavy atom. The van der Waals surface area contributed by atoms with E-state index in [9.17, 15) is 10.2 Å². The van der Waals surface area contributed by atoms with Gasteiger partial charge in [-0.25, -0.2) is 4.98 Å². The summed E-state index contributed by atoms with van der Waals surface area (Å²) in [5.41, 5.74) is 7.36. The lowest BCUT2D eigenvalue weighted by Crippen LogP contribution is -2.54. The number of aryl methyl sites for hydroxylation is 1. The van der Waals surface area contributed by atoms with E-state index in [1.807, 2.05) is 13.8 Å². The molecule has 0 bridgehead atoms. The average molecular weight is 308 g/mol. The number of piperidine rings is 1. The Hall–Kier alpha value is -1.40. The van der Waals surface area contributed by atoms with E-state index in [2.05, 4.69) is 21.8 Å². The third kappa shape index (κ3) is 3.03. The minimum Gasteiger partial charge on any atom is -0.396 e. The summed E-state index contributed by atoms with van der Waals surface area (Å²) in [5, 5.41) is 20.3. The molecular weight excluding hydrogens is 280 g/mol. The van der Waals surface area contributed by atoms with Gasteiger partial charge in [0.15, 0.2) is 0 Å². The van der Waals surface area contributed by atoms with Gasteiger partial charge in [-0.3, -0.25) is 0 Å². The summed E-state index contributed by atoms with van der Waals surface area (Å²) in [6.45, 7) is 7.43. The van der Waals surface area contributed by atoms with E-state index in [0.717, 1.165) is 36.3 Å². The van der Waals surface area contributed by atoms with Crippen LogP contribution in [0.15, 0.2) is 0 Å². The number of nitrogen functional groups attached to an aromatic ring is 1. The second-order valence-electron chi connectivity index (χ2n) is 6.33. The molecule has 1 saturated heterocycles. The van der Waals surface area contributed by atoms with Crippen LogP contribution in [0.1, 0.15) is 44.4 Å². The Kier molecular flexibility index (Phi) is 5.24. The Bertz CT molecular complexity index is 523. The molecule has 0 amide bonds. The van der Waals surface area contributed by atoms with Crippen molar-refractivity contribution >= 4 is 11.8 Å². The summed E-state index contributed by atoms with van der Waals surface area (Å²) < 4.78 is 0. The lowest BCUT2D eigenvalue weighted by Gasteiger charge is -2.46. The van der Waals surface area contributed by atoms with Gasteiger partial charge in [-0.05, 0) is 26.2 Å². The monoisotopic (exact) mass is 308 g/mol. The molecule has 22 heavy (non-hydrogen) atoms. The maximum Gasteiger partial charge on any atom is 0.222 e. The molecule has 0 spiro atoms. The van der Waals surface area contributed by atoms with Crippen LogP contribution in [0.25, 0.3) is 0 Å². The smallest absolute Gasteiger partial charge is 0.222 e. The van der Waals surface area contributed by atoms with Gasteiger partial charge in [-0.2, -0.15) is 4.98 Å². The molecule has 2 heterocycles. The molecule has 4 N–H and O–H groups in total. The number of rotatable bonds is 5. The van der Waals surface area contributed by atoms with Crippen LogP contribution in [0.4, 0.5) is 11.8 Å². The van der Waals surface area contributed by atoms with Crippen LogP contribution in [-0.4, -0.2) is 46.0 Å². The van der Waals surface area contributed by atoms with Crippen LogP contribution in [-0.2, 0) is 6.42 Å². The molecule has 2 atom stereocenters. The van der Waals surface area contributed by atoms with Gasteiger partial charge in [0, 0.05) is 24.1 Å². The van der Waals surface area contributed by atoms with Crippen LogP contribution in [0.5, 0.6) is 0 Å². The van der Waals surface area contributed by atoms with Gasteiger partial charge in [-0.15, -0.1) is 0 Å². The first-order chi connectivity index (χ1) is 10.5. The fraction of sp³-hybridized carbons (Fsp3) is 0.750. The fourth-order valence-corrected chi connectivity index (χ4v) is 3.53. The first-order valence-corrected chi connectivity index (χ1v) is 8.14. The van der Waals surface area contributed by atoms with Gasteiger partial charge >= 0.3 is 0 Å². The van der Waals surface area contributed by atoms with Crippen LogP contribution in [0.2, 0.25) is 0 Å². The average Bonchev–Trinajstić information content (AvgIpc) is 2.51. The molecule has 1 aromatic rings. The first kappa shape index (κ1) is 17.0. The van der Waals surface area contributed by atoms with Crippen LogP contribution in [0.3, 0.4) is 0 Å². The molecular formula is C16H28N4O2. The van der Waals surface area contributed by atoms with Gasteiger partial charge in [0.05, 0.1) is 18.4 Å². The largest absolute Gasteiger partial charge is 0.396 e. The number of aromatic nitrogens is 2. The fourth-order valence-electron chi connectivity index (χ4n) is 3.53. The molecule has 124 valence electrons. The molecule has 1 aromatic heterocycles. The van der Waals surface area contributed by atoms with Crippen molar-refractivity contribution in [3.63, 3.8) is 0 Å². The van der Waals surface area contributed by atoms with Crippen molar-refractivity contribution in [1.82, 2.24) is 9.97 Å². The van der Waals surface area contributed by atoms with Crippen molar-refractivity contribution in [2.24, 2.45) is 5.41 Å². The predicted molar refractivity (Wildman–Crippen MR) is 87.8 cm³/mol. The maximum atomic E-state index is 10.4. The Morgan fingerprint density at radius 2 is 2.09 bits per heavy atom. The van der Waals surface area contributed by atoms with Crippen molar-refractivity contribution in [1.29, 1.82) is 0 Å². The molecule has 6 nitrogen and oxygen atoms in total. The zero-order valence-electron chi connectivity index (χ0n) is 13.8. The number of nitrogens with zero attached hydrogens (tertiary/aromatic N) is 3. The van der Waals surface area contributed by atoms with E-state index in [4.69, 9.17) is 5.73 Å². The van der Waals surface area contributed by atoms with Gasteiger partial charge in [0.1, 0.15) is 5.82 Å². The van der Waals surface area contributed by atoms with E-state index < -0.39 is 11.5 Å². The third-order valence-corrected chi connectivity index (χ3v) is 4.82. The van der Waals surface area contributed by atoms with Crippen molar-refractivity contribution < 1.29 is 10.2 Å². The Balaban J connectivity index is 2.35. The quantitative estimate of drug-likeness (QED) is 0.758. The van der Waals surface area contributed by atoms with E-state index in [1.54, 1.807) is 0 Å². The number of anilines is 2. The number of aliphatic hydroxyl groups excluding tert-OH is 2. The molecule has 6 heteroatoms. The van der Waals surface area contributed by atoms with Crippen LogP contribution >= 0.6 is 0 Å². The molecule has 1 fully saturated rings. The number of nitrogens with two attached hydrogens (primary N) is 1. The van der Waals surface area contributed by atoms with E-state index in [0.29, 0.717) is 19.5 Å². The summed E-state index contributed by atoms with van der Waals surface area (Å²) in [6, 6.07) is 0. The zero-order chi connectivity index (χ0) is 16.3. The van der Waals surface area contributed by atoms with E-state index >= 15 is 0 Å². The highest BCUT2D eigenvalue weighted by molar-refractivity contribution is 5.52. The minimum atomic E-state index is -0.481. The van der Waals surface area contributed by atoms with Crippen LogP contribution in [0, 0.1) is 12.3 Å². The highest BCUT2D eigenvalue weighted by atomic mass is 16.3. The van der Waals surface area contributed by atoms with E-state index in [1.165, 1.54) is 0 Å². The summed E-state index contributed by atoms with van der Waals surface area (Å²) >= 11 is 0. The molecule has 1 aliphatic heterocycles. The standard InChI is InChI=1S/C16H28N4O2/c1-4-7-16(10-21)9-20(8-6-13(16)22)14-11(3)12(5-2)18-15(17)19-14/h13,21-22H,4-10H2,1-3H3,(H2,17,18,19)/t13-,16-/m0/s1. The highest BCUT2D eigenvalue weighted by Crippen LogP contribution is 2.37. The lowest BCUT2D eigenvalue weighted by molar-refractivity contribution is -0.0353. The van der Waals surface area contributed by atoms with Crippen molar-refractivity contribution in [3.05, 3.63) is 11.3 Å². The zero-order valence-corrected chi connectivity index (χ0v) is 13.8. The van der Waals surface area contributed by atoms with Crippen molar-refractivity contribution in [2.75, 3.05) is 30.3 Å². The molecule has 2 rings (SSSR count). The van der Waals surface area contributed by atoms with Gasteiger partial charge < -0.3 is 20.8 Å². The van der Waals surface area contributed by atoms with Gasteiger partial charge in [0.2, 0.25) is 5.95 Å². The summed E-state index contributed by atoms with van der Waals surface area (Å²) in [4.78, 5) is 10.9. The topological polar surface area (TPSA) is 95.5 Å². The molecule has 0 radical (unpaired) electrons. The normalized spacial score (nSPS) is 25.5. The summed E-state index contributed by atoms with van der Waals surface area (Å²) in [6.07, 6.45) is 2.68. The SMILES string of the molecule is CCC[C@@]1(CO)CN(c2nc(N)nc(CC)c2C)CC[C@@H]1O. The number of hydrogen-bond donors (Lipinski definition) is 3. The molecule has 1 aliphatic rings. The number of hydrogen-bond acceptors (Lipinski definition) is 6. The predicted octanol–water partition coefficient (Wildman–Crippen LogP) is 1.28. The van der Waals surface area contributed by atoms with Crippen molar-refractivity contribution in [3.8, 4) is 0 Å². The summed E-state index contributed by atoms with van der Waals surface area (Å²) in [7, 11) is 0. The second kappa shape index (κ2) is 6.79. The second-order valence-corrected chi connectivity index (χ2v) is 6.33. The van der Waals surface area contributed by atoms with Crippen molar-refractivity contribution in [2.45, 2.75) is 52.6 Å². The third-order valence-electron chi connectivity index (χ3n) is 4.82. The number of aliphatic hydroxyl groups is 2. The van der Waals surface area contributed by atoms with Gasteiger partial charge in [-0.1, -0.05) is 20.3 Å².